The molecule has 0 aliphatic carbocycles. The Hall–Kier alpha value is -0.900. The van der Waals surface area contributed by atoms with Gasteiger partial charge in [-0.1, -0.05) is 13.3 Å². The molecule has 0 spiro atoms. The number of nitrogens with zero attached hydrogens (tertiary/aromatic N) is 1. The molecule has 0 aliphatic heterocycles. The Morgan fingerprint density at radius 2 is 2.25 bits per heavy atom. The lowest BCUT2D eigenvalue weighted by Gasteiger charge is -2.25. The van der Waals surface area contributed by atoms with Crippen LogP contribution < -0.4 is 5.32 Å². The first kappa shape index (κ1) is 13.2. The van der Waals surface area contributed by atoms with E-state index in [1.807, 2.05) is 13.8 Å². The smallest absolute Gasteiger partial charge is 0.251 e. The standard InChI is InChI=1S/C12H17BrN2O/c1-4-6-12(2,3)15-11(16)9-5-7-14-10(13)8-9/h5,7-8H,4,6H2,1-3H3,(H,15,16). The second-order valence-electron chi connectivity index (χ2n) is 4.46. The number of nitrogens with one attached hydrogen (secondary N) is 1. The van der Waals surface area contributed by atoms with Crippen LogP contribution in [0.15, 0.2) is 22.9 Å². The highest BCUT2D eigenvalue weighted by Crippen LogP contribution is 2.13. The van der Waals surface area contributed by atoms with Gasteiger partial charge in [-0.2, -0.15) is 0 Å². The summed E-state index contributed by atoms with van der Waals surface area (Å²) >= 11 is 3.25. The van der Waals surface area contributed by atoms with Gasteiger partial charge < -0.3 is 5.32 Å². The summed E-state index contributed by atoms with van der Waals surface area (Å²) in [6.07, 6.45) is 3.63. The van der Waals surface area contributed by atoms with Crippen LogP contribution in [0.25, 0.3) is 0 Å². The van der Waals surface area contributed by atoms with Crippen LogP contribution >= 0.6 is 15.9 Å². The number of pyridine rings is 1. The van der Waals surface area contributed by atoms with E-state index in [-0.39, 0.29) is 11.4 Å². The minimum atomic E-state index is -0.165. The number of carbonyl (C=O) groups is 1. The first-order valence-electron chi connectivity index (χ1n) is 5.38. The molecule has 16 heavy (non-hydrogen) atoms. The molecule has 0 saturated carbocycles. The highest BCUT2D eigenvalue weighted by atomic mass is 79.9. The minimum absolute atomic E-state index is 0.0541. The van der Waals surface area contributed by atoms with Gasteiger partial charge in [0.05, 0.1) is 0 Å². The second kappa shape index (κ2) is 5.43. The highest BCUT2D eigenvalue weighted by Gasteiger charge is 2.19. The maximum Gasteiger partial charge on any atom is 0.251 e. The molecule has 4 heteroatoms. The van der Waals surface area contributed by atoms with E-state index >= 15 is 0 Å². The zero-order valence-electron chi connectivity index (χ0n) is 9.88. The van der Waals surface area contributed by atoms with Gasteiger partial charge in [0, 0.05) is 17.3 Å². The fraction of sp³-hybridized carbons (Fsp3) is 0.500. The van der Waals surface area contributed by atoms with Gasteiger partial charge in [0.25, 0.3) is 5.91 Å². The Morgan fingerprint density at radius 3 is 2.81 bits per heavy atom. The van der Waals surface area contributed by atoms with Crippen molar-refractivity contribution in [3.8, 4) is 0 Å². The predicted molar refractivity (Wildman–Crippen MR) is 68.4 cm³/mol. The lowest BCUT2D eigenvalue weighted by Crippen LogP contribution is -2.43. The average Bonchev–Trinajstić information content (AvgIpc) is 2.16. The van der Waals surface area contributed by atoms with E-state index in [1.54, 1.807) is 18.3 Å². The van der Waals surface area contributed by atoms with Gasteiger partial charge in [-0.15, -0.1) is 0 Å². The van der Waals surface area contributed by atoms with Crippen LogP contribution in [0.5, 0.6) is 0 Å². The number of hydrogen-bond donors (Lipinski definition) is 1. The third kappa shape index (κ3) is 3.93. The molecule has 0 aliphatic rings. The molecule has 0 atom stereocenters. The van der Waals surface area contributed by atoms with Crippen molar-refractivity contribution in [2.24, 2.45) is 0 Å². The first-order chi connectivity index (χ1) is 7.44. The Balaban J connectivity index is 2.72. The molecule has 0 radical (unpaired) electrons. The number of rotatable bonds is 4. The van der Waals surface area contributed by atoms with Crippen LogP contribution in [0, 0.1) is 0 Å². The number of carbonyl (C=O) groups excluding carboxylic acids is 1. The highest BCUT2D eigenvalue weighted by molar-refractivity contribution is 9.10. The van der Waals surface area contributed by atoms with Gasteiger partial charge in [-0.25, -0.2) is 4.98 Å². The summed E-state index contributed by atoms with van der Waals surface area (Å²) in [6, 6.07) is 3.43. The second-order valence-corrected chi connectivity index (χ2v) is 5.27. The van der Waals surface area contributed by atoms with Crippen molar-refractivity contribution in [3.63, 3.8) is 0 Å². The third-order valence-corrected chi connectivity index (χ3v) is 2.75. The van der Waals surface area contributed by atoms with E-state index in [1.165, 1.54) is 0 Å². The quantitative estimate of drug-likeness (QED) is 0.863. The average molecular weight is 285 g/mol. The fourth-order valence-electron chi connectivity index (χ4n) is 1.61. The molecule has 0 unspecified atom stereocenters. The maximum atomic E-state index is 11.9. The molecule has 1 rings (SSSR count). The molecule has 0 saturated heterocycles. The molecule has 1 amide bonds. The summed E-state index contributed by atoms with van der Waals surface area (Å²) in [4.78, 5) is 15.9. The van der Waals surface area contributed by atoms with Crippen LogP contribution in [0.2, 0.25) is 0 Å². The van der Waals surface area contributed by atoms with Gasteiger partial charge in [0.1, 0.15) is 4.60 Å². The molecule has 1 heterocycles. The van der Waals surface area contributed by atoms with Crippen LogP contribution in [0.1, 0.15) is 44.0 Å². The molecule has 0 aromatic carbocycles. The van der Waals surface area contributed by atoms with E-state index in [2.05, 4.69) is 33.2 Å². The van der Waals surface area contributed by atoms with Crippen molar-refractivity contribution in [3.05, 3.63) is 28.5 Å². The number of hydrogen-bond acceptors (Lipinski definition) is 2. The summed E-state index contributed by atoms with van der Waals surface area (Å²) < 4.78 is 0.674. The molecule has 0 fully saturated rings. The minimum Gasteiger partial charge on any atom is -0.347 e. The predicted octanol–water partition coefficient (Wildman–Crippen LogP) is 3.15. The van der Waals surface area contributed by atoms with E-state index in [9.17, 15) is 4.79 Å². The van der Waals surface area contributed by atoms with Crippen molar-refractivity contribution >= 4 is 21.8 Å². The zero-order chi connectivity index (χ0) is 12.2. The van der Waals surface area contributed by atoms with E-state index < -0.39 is 0 Å². The maximum absolute atomic E-state index is 11.9. The van der Waals surface area contributed by atoms with E-state index in [0.29, 0.717) is 10.2 Å². The van der Waals surface area contributed by atoms with Gasteiger partial charge in [-0.3, -0.25) is 4.79 Å². The van der Waals surface area contributed by atoms with E-state index in [4.69, 9.17) is 0 Å². The Bertz CT molecular complexity index is 377. The molecule has 3 nitrogen and oxygen atoms in total. The largest absolute Gasteiger partial charge is 0.347 e. The number of halogens is 1. The lowest BCUT2D eigenvalue weighted by molar-refractivity contribution is 0.0909. The zero-order valence-corrected chi connectivity index (χ0v) is 11.5. The SMILES string of the molecule is CCCC(C)(C)NC(=O)c1ccnc(Br)c1. The van der Waals surface area contributed by atoms with Crippen LogP contribution in [0.3, 0.4) is 0 Å². The molecular weight excluding hydrogens is 268 g/mol. The first-order valence-corrected chi connectivity index (χ1v) is 6.18. The fourth-order valence-corrected chi connectivity index (χ4v) is 1.98. The molecule has 1 aromatic rings. The van der Waals surface area contributed by atoms with Crippen LogP contribution in [-0.2, 0) is 0 Å². The Morgan fingerprint density at radius 1 is 1.56 bits per heavy atom. The summed E-state index contributed by atoms with van der Waals surface area (Å²) in [5.74, 6) is -0.0541. The van der Waals surface area contributed by atoms with Crippen LogP contribution in [-0.4, -0.2) is 16.4 Å². The monoisotopic (exact) mass is 284 g/mol. The summed E-state index contributed by atoms with van der Waals surface area (Å²) in [7, 11) is 0. The van der Waals surface area contributed by atoms with Gasteiger partial charge >= 0.3 is 0 Å². The van der Waals surface area contributed by atoms with Crippen molar-refractivity contribution in [2.75, 3.05) is 0 Å². The number of aromatic nitrogens is 1. The van der Waals surface area contributed by atoms with E-state index in [0.717, 1.165) is 12.8 Å². The van der Waals surface area contributed by atoms with Crippen molar-refractivity contribution in [1.29, 1.82) is 0 Å². The normalized spacial score (nSPS) is 11.2. The number of amides is 1. The van der Waals surface area contributed by atoms with Gasteiger partial charge in [-0.05, 0) is 48.3 Å². The van der Waals surface area contributed by atoms with Gasteiger partial charge in [0.2, 0.25) is 0 Å². The van der Waals surface area contributed by atoms with Gasteiger partial charge in [0.15, 0.2) is 0 Å². The lowest BCUT2D eigenvalue weighted by atomic mass is 9.98. The third-order valence-electron chi connectivity index (χ3n) is 2.32. The molecule has 88 valence electrons. The molecular formula is C12H17BrN2O. The molecule has 0 bridgehead atoms. The molecule has 1 N–H and O–H groups in total. The molecule has 1 aromatic heterocycles. The topological polar surface area (TPSA) is 42.0 Å². The summed E-state index contributed by atoms with van der Waals surface area (Å²) in [5.41, 5.74) is 0.466. The summed E-state index contributed by atoms with van der Waals surface area (Å²) in [6.45, 7) is 6.17. The Kier molecular flexibility index (Phi) is 4.47. The van der Waals surface area contributed by atoms with Crippen molar-refractivity contribution in [1.82, 2.24) is 10.3 Å². The van der Waals surface area contributed by atoms with Crippen molar-refractivity contribution < 1.29 is 4.79 Å². The van der Waals surface area contributed by atoms with Crippen molar-refractivity contribution in [2.45, 2.75) is 39.2 Å². The van der Waals surface area contributed by atoms with Crippen LogP contribution in [0.4, 0.5) is 0 Å². The summed E-state index contributed by atoms with van der Waals surface area (Å²) in [5, 5.41) is 3.01. The Labute approximate surface area is 105 Å².